The Balaban J connectivity index is 1.51. The molecule has 5 rings (SSSR count). The monoisotopic (exact) mass is 540 g/mol. The number of hydrogen-bond acceptors (Lipinski definition) is 7. The lowest BCUT2D eigenvalue weighted by Gasteiger charge is -2.20. The molecule has 3 heterocycles. The van der Waals surface area contributed by atoms with Gasteiger partial charge in [0.25, 0.3) is 11.5 Å². The van der Waals surface area contributed by atoms with Gasteiger partial charge in [0.2, 0.25) is 0 Å². The fourth-order valence-electron chi connectivity index (χ4n) is 3.51. The maximum absolute atomic E-state index is 13.4. The van der Waals surface area contributed by atoms with Crippen LogP contribution in [0.25, 0.3) is 15.9 Å². The highest BCUT2D eigenvalue weighted by atomic mass is 79.9. The van der Waals surface area contributed by atoms with E-state index in [1.54, 1.807) is 26.2 Å². The summed E-state index contributed by atoms with van der Waals surface area (Å²) in [6, 6.07) is 15.0. The minimum absolute atomic E-state index is 0.240. The predicted molar refractivity (Wildman–Crippen MR) is 137 cm³/mol. The molecule has 0 aliphatic carbocycles. The predicted octanol–water partition coefficient (Wildman–Crippen LogP) is 5.44. The minimum Gasteiger partial charge on any atom is -0.495 e. The van der Waals surface area contributed by atoms with E-state index in [1.165, 1.54) is 27.8 Å². The summed E-state index contributed by atoms with van der Waals surface area (Å²) in [5.74, 6) is 0.252. The number of ether oxygens (including phenoxy) is 1. The summed E-state index contributed by atoms with van der Waals surface area (Å²) in [5, 5.41) is 5.75. The highest BCUT2D eigenvalue weighted by Crippen LogP contribution is 2.33. The van der Waals surface area contributed by atoms with Crippen LogP contribution in [-0.2, 0) is 0 Å². The Morgan fingerprint density at radius 1 is 1.18 bits per heavy atom. The fraction of sp³-hybridized carbons (Fsp3) is 0.0870. The number of nitrogens with zero attached hydrogens (tertiary/aromatic N) is 2. The molecule has 166 valence electrons. The van der Waals surface area contributed by atoms with Gasteiger partial charge < -0.3 is 10.1 Å². The topological polar surface area (TPSA) is 85.2 Å². The van der Waals surface area contributed by atoms with Crippen molar-refractivity contribution in [3.63, 3.8) is 0 Å². The van der Waals surface area contributed by atoms with Crippen LogP contribution in [0.5, 0.6) is 5.75 Å². The number of thioether (sulfide) groups is 1. The number of carbonyl (C=O) groups is 1. The second kappa shape index (κ2) is 8.69. The summed E-state index contributed by atoms with van der Waals surface area (Å²) >= 11 is 6.00. The lowest BCUT2D eigenvalue weighted by molar-refractivity contribution is 0.102. The van der Waals surface area contributed by atoms with Gasteiger partial charge in [-0.2, -0.15) is 4.68 Å². The summed E-state index contributed by atoms with van der Waals surface area (Å²) in [6.07, 6.45) is 0. The Labute approximate surface area is 205 Å². The number of nitrogens with one attached hydrogen (secondary N) is 2. The third kappa shape index (κ3) is 3.94. The molecule has 2 N–H and O–H groups in total. The van der Waals surface area contributed by atoms with E-state index in [0.717, 1.165) is 15.7 Å². The highest BCUT2D eigenvalue weighted by molar-refractivity contribution is 9.10. The minimum atomic E-state index is -0.309. The molecule has 10 heteroatoms. The molecule has 2 aromatic heterocycles. The van der Waals surface area contributed by atoms with Crippen LogP contribution in [0.15, 0.2) is 68.4 Å². The molecule has 1 aliphatic heterocycles. The number of amides is 1. The average Bonchev–Trinajstić information content (AvgIpc) is 3.16. The molecule has 0 saturated carbocycles. The number of hydrogen-bond donors (Lipinski definition) is 2. The summed E-state index contributed by atoms with van der Waals surface area (Å²) in [6.45, 7) is 1.77. The standard InChI is InChI=1S/C23H17BrN4O3S2/c1-12-18-21(33-19(12)20(29)25-15-5-3-4-6-17(15)31-2)26-23-28(22(18)30)27-16(11-32-23)13-7-9-14(24)10-8-13/h3-11,27H,1-2H3,(H,25,29). The molecule has 0 spiro atoms. The maximum atomic E-state index is 13.4. The molecule has 0 radical (unpaired) electrons. The van der Waals surface area contributed by atoms with Gasteiger partial charge in [-0.25, -0.2) is 4.98 Å². The normalized spacial score (nSPS) is 12.6. The van der Waals surface area contributed by atoms with Crippen molar-refractivity contribution in [1.82, 2.24) is 9.66 Å². The number of aryl methyl sites for hydroxylation is 1. The number of carbonyl (C=O) groups excluding carboxylic acids is 1. The van der Waals surface area contributed by atoms with Crippen molar-refractivity contribution in [2.75, 3.05) is 17.9 Å². The first-order valence-corrected chi connectivity index (χ1v) is 12.4. The fourth-order valence-corrected chi connectivity index (χ4v) is 5.69. The molecular weight excluding hydrogens is 524 g/mol. The zero-order chi connectivity index (χ0) is 23.1. The van der Waals surface area contributed by atoms with Gasteiger partial charge in [-0.3, -0.25) is 15.0 Å². The van der Waals surface area contributed by atoms with Crippen molar-refractivity contribution >= 4 is 66.5 Å². The van der Waals surface area contributed by atoms with Crippen LogP contribution in [0.3, 0.4) is 0 Å². The van der Waals surface area contributed by atoms with Gasteiger partial charge in [0, 0.05) is 15.4 Å². The number of para-hydroxylation sites is 2. The van der Waals surface area contributed by atoms with Crippen LogP contribution in [0, 0.1) is 6.92 Å². The van der Waals surface area contributed by atoms with Crippen LogP contribution >= 0.6 is 39.0 Å². The number of fused-ring (bicyclic) bond motifs is 2. The van der Waals surface area contributed by atoms with Gasteiger partial charge in [-0.05, 0) is 36.8 Å². The van der Waals surface area contributed by atoms with Gasteiger partial charge in [-0.1, -0.05) is 52.0 Å². The van der Waals surface area contributed by atoms with Gasteiger partial charge in [0.1, 0.15) is 10.6 Å². The van der Waals surface area contributed by atoms with E-state index in [2.05, 4.69) is 31.7 Å². The number of aromatic nitrogens is 2. The van der Waals surface area contributed by atoms with E-state index in [0.29, 0.717) is 37.3 Å². The van der Waals surface area contributed by atoms with Gasteiger partial charge in [0.15, 0.2) is 5.16 Å². The summed E-state index contributed by atoms with van der Waals surface area (Å²) in [5.41, 5.74) is 5.83. The number of benzene rings is 2. The van der Waals surface area contributed by atoms with Crippen molar-refractivity contribution in [1.29, 1.82) is 0 Å². The Morgan fingerprint density at radius 2 is 1.94 bits per heavy atom. The second-order valence-corrected chi connectivity index (χ2v) is 9.95. The lowest BCUT2D eigenvalue weighted by Crippen LogP contribution is -2.32. The summed E-state index contributed by atoms with van der Waals surface area (Å²) in [7, 11) is 1.55. The first kappa shape index (κ1) is 21.7. The first-order chi connectivity index (χ1) is 16.0. The second-order valence-electron chi connectivity index (χ2n) is 7.19. The van der Waals surface area contributed by atoms with Crippen LogP contribution in [0.2, 0.25) is 0 Å². The van der Waals surface area contributed by atoms with Crippen LogP contribution in [0.1, 0.15) is 20.8 Å². The Bertz CT molecular complexity index is 1490. The van der Waals surface area contributed by atoms with E-state index in [9.17, 15) is 9.59 Å². The average molecular weight is 541 g/mol. The molecule has 7 nitrogen and oxygen atoms in total. The van der Waals surface area contributed by atoms with Crippen molar-refractivity contribution in [2.24, 2.45) is 0 Å². The molecule has 2 aromatic carbocycles. The highest BCUT2D eigenvalue weighted by Gasteiger charge is 2.24. The van der Waals surface area contributed by atoms with E-state index >= 15 is 0 Å². The zero-order valence-corrected chi connectivity index (χ0v) is 20.7. The largest absolute Gasteiger partial charge is 0.495 e. The number of rotatable bonds is 4. The number of anilines is 1. The Kier molecular flexibility index (Phi) is 5.73. The molecule has 33 heavy (non-hydrogen) atoms. The van der Waals surface area contributed by atoms with Crippen LogP contribution in [-0.4, -0.2) is 22.7 Å². The van der Waals surface area contributed by atoms with E-state index < -0.39 is 0 Å². The number of halogens is 1. The first-order valence-electron chi connectivity index (χ1n) is 9.86. The van der Waals surface area contributed by atoms with Gasteiger partial charge >= 0.3 is 0 Å². The summed E-state index contributed by atoms with van der Waals surface area (Å²) < 4.78 is 7.73. The Morgan fingerprint density at radius 3 is 2.70 bits per heavy atom. The van der Waals surface area contributed by atoms with Crippen molar-refractivity contribution in [3.05, 3.63) is 84.8 Å². The maximum Gasteiger partial charge on any atom is 0.282 e. The molecule has 0 saturated heterocycles. The molecule has 0 unspecified atom stereocenters. The molecule has 0 fully saturated rings. The summed E-state index contributed by atoms with van der Waals surface area (Å²) in [4.78, 5) is 32.0. The molecule has 1 aliphatic rings. The van der Waals surface area contributed by atoms with Gasteiger partial charge in [0.05, 0.1) is 28.8 Å². The molecule has 0 bridgehead atoms. The van der Waals surface area contributed by atoms with Crippen molar-refractivity contribution < 1.29 is 9.53 Å². The molecule has 1 amide bonds. The smallest absolute Gasteiger partial charge is 0.282 e. The third-order valence-corrected chi connectivity index (χ3v) is 7.72. The number of thiophene rings is 1. The number of methoxy groups -OCH3 is 1. The quantitative estimate of drug-likeness (QED) is 0.335. The molecular formula is C23H17BrN4O3S2. The van der Waals surface area contributed by atoms with E-state index in [4.69, 9.17) is 4.74 Å². The van der Waals surface area contributed by atoms with Gasteiger partial charge in [-0.15, -0.1) is 11.3 Å². The van der Waals surface area contributed by atoms with E-state index in [1.807, 2.05) is 41.8 Å². The molecule has 4 aromatic rings. The third-order valence-electron chi connectivity index (χ3n) is 5.16. The van der Waals surface area contributed by atoms with Crippen LogP contribution in [0.4, 0.5) is 5.69 Å². The zero-order valence-electron chi connectivity index (χ0n) is 17.5. The SMILES string of the molecule is COc1ccccc1NC(=O)c1sc2nc3n(c(=O)c2c1C)NC(c1ccc(Br)cc1)=CS3. The lowest BCUT2D eigenvalue weighted by atomic mass is 10.2. The Hall–Kier alpha value is -3.08. The van der Waals surface area contributed by atoms with Crippen molar-refractivity contribution in [3.8, 4) is 5.75 Å². The molecule has 0 atom stereocenters. The van der Waals surface area contributed by atoms with E-state index in [-0.39, 0.29) is 11.5 Å². The van der Waals surface area contributed by atoms with Crippen molar-refractivity contribution in [2.45, 2.75) is 12.1 Å². The van der Waals surface area contributed by atoms with Crippen LogP contribution < -0.4 is 21.0 Å².